The maximum Gasteiger partial charge on any atom is 0.225 e. The van der Waals surface area contributed by atoms with Crippen molar-refractivity contribution in [3.05, 3.63) is 0 Å². The monoisotopic (exact) mass is 226 g/mol. The molecular weight excluding hydrogens is 200 g/mol. The van der Waals surface area contributed by atoms with Crippen LogP contribution >= 0.6 is 0 Å². The Morgan fingerprint density at radius 1 is 1.50 bits per heavy atom. The molecule has 1 rings (SSSR count). The molecule has 0 aliphatic carbocycles. The Labute approximate surface area is 99.4 Å². The zero-order chi connectivity index (χ0) is 12.0. The summed E-state index contributed by atoms with van der Waals surface area (Å²) in [6, 6.07) is 0.408. The third-order valence-electron chi connectivity index (χ3n) is 3.55. The van der Waals surface area contributed by atoms with E-state index in [1.807, 2.05) is 0 Å². The summed E-state index contributed by atoms with van der Waals surface area (Å²) in [7, 11) is 0. The maximum absolute atomic E-state index is 12.3. The Morgan fingerprint density at radius 2 is 2.25 bits per heavy atom. The van der Waals surface area contributed by atoms with Crippen molar-refractivity contribution in [2.24, 2.45) is 11.7 Å². The molecular formula is C13H26N2O. The van der Waals surface area contributed by atoms with Crippen molar-refractivity contribution < 1.29 is 4.79 Å². The van der Waals surface area contributed by atoms with Crippen LogP contribution < -0.4 is 5.73 Å². The van der Waals surface area contributed by atoms with E-state index in [1.54, 1.807) is 0 Å². The maximum atomic E-state index is 12.3. The first kappa shape index (κ1) is 13.5. The molecule has 94 valence electrons. The van der Waals surface area contributed by atoms with Gasteiger partial charge in [-0.3, -0.25) is 4.79 Å². The number of amides is 1. The number of rotatable bonds is 5. The van der Waals surface area contributed by atoms with E-state index in [-0.39, 0.29) is 5.92 Å². The van der Waals surface area contributed by atoms with E-state index in [2.05, 4.69) is 18.7 Å². The van der Waals surface area contributed by atoms with Gasteiger partial charge in [0.25, 0.3) is 0 Å². The minimum absolute atomic E-state index is 0.184. The minimum Gasteiger partial charge on any atom is -0.339 e. The molecule has 0 bridgehead atoms. The summed E-state index contributed by atoms with van der Waals surface area (Å²) >= 11 is 0. The summed E-state index contributed by atoms with van der Waals surface area (Å²) in [5.41, 5.74) is 5.62. The third-order valence-corrected chi connectivity index (χ3v) is 3.55. The predicted octanol–water partition coefficient (Wildman–Crippen LogP) is 2.15. The molecule has 2 N–H and O–H groups in total. The van der Waals surface area contributed by atoms with Gasteiger partial charge in [0.1, 0.15) is 0 Å². The number of hydrogen-bond acceptors (Lipinski definition) is 2. The van der Waals surface area contributed by atoms with Crippen LogP contribution in [-0.2, 0) is 4.79 Å². The Kier molecular flexibility index (Phi) is 5.81. The highest BCUT2D eigenvalue weighted by Crippen LogP contribution is 2.22. The van der Waals surface area contributed by atoms with E-state index in [0.717, 1.165) is 38.6 Å². The molecule has 0 radical (unpaired) electrons. The van der Waals surface area contributed by atoms with Gasteiger partial charge in [0.15, 0.2) is 0 Å². The molecule has 1 aliphatic heterocycles. The second-order valence-corrected chi connectivity index (χ2v) is 4.95. The molecule has 2 unspecified atom stereocenters. The van der Waals surface area contributed by atoms with Gasteiger partial charge in [0.05, 0.1) is 0 Å². The average molecular weight is 226 g/mol. The molecule has 3 heteroatoms. The summed E-state index contributed by atoms with van der Waals surface area (Å²) in [4.78, 5) is 14.4. The van der Waals surface area contributed by atoms with E-state index in [4.69, 9.17) is 5.73 Å². The standard InChI is InChI=1S/C13H26N2O/c1-3-6-11(2)13(16)15-10-5-4-7-12(15)8-9-14/h11-12H,3-10,14H2,1-2H3. The zero-order valence-corrected chi connectivity index (χ0v) is 10.7. The lowest BCUT2D eigenvalue weighted by Gasteiger charge is -2.37. The van der Waals surface area contributed by atoms with Gasteiger partial charge >= 0.3 is 0 Å². The van der Waals surface area contributed by atoms with Crippen LogP contribution in [0.15, 0.2) is 0 Å². The number of piperidine rings is 1. The van der Waals surface area contributed by atoms with Crippen LogP contribution in [0.25, 0.3) is 0 Å². The molecule has 1 amide bonds. The van der Waals surface area contributed by atoms with E-state index < -0.39 is 0 Å². The van der Waals surface area contributed by atoms with Crippen molar-refractivity contribution in [2.45, 2.75) is 58.4 Å². The van der Waals surface area contributed by atoms with E-state index in [1.165, 1.54) is 6.42 Å². The van der Waals surface area contributed by atoms with Crippen molar-refractivity contribution in [2.75, 3.05) is 13.1 Å². The highest BCUT2D eigenvalue weighted by Gasteiger charge is 2.28. The molecule has 0 aromatic carbocycles. The summed E-state index contributed by atoms with van der Waals surface area (Å²) in [6.45, 7) is 5.82. The largest absolute Gasteiger partial charge is 0.339 e. The van der Waals surface area contributed by atoms with E-state index in [9.17, 15) is 4.79 Å². The Balaban J connectivity index is 2.56. The van der Waals surface area contributed by atoms with E-state index in [0.29, 0.717) is 18.5 Å². The number of likely N-dealkylation sites (tertiary alicyclic amines) is 1. The van der Waals surface area contributed by atoms with Crippen molar-refractivity contribution in [1.82, 2.24) is 4.90 Å². The van der Waals surface area contributed by atoms with Gasteiger partial charge in [-0.2, -0.15) is 0 Å². The fourth-order valence-electron chi connectivity index (χ4n) is 2.62. The third kappa shape index (κ3) is 3.48. The summed E-state index contributed by atoms with van der Waals surface area (Å²) in [5, 5.41) is 0. The smallest absolute Gasteiger partial charge is 0.225 e. The summed E-state index contributed by atoms with van der Waals surface area (Å²) in [5.74, 6) is 0.531. The summed E-state index contributed by atoms with van der Waals surface area (Å²) < 4.78 is 0. The quantitative estimate of drug-likeness (QED) is 0.781. The first-order valence-electron chi connectivity index (χ1n) is 6.71. The molecule has 2 atom stereocenters. The highest BCUT2D eigenvalue weighted by molar-refractivity contribution is 5.78. The zero-order valence-electron chi connectivity index (χ0n) is 10.7. The predicted molar refractivity (Wildman–Crippen MR) is 67.1 cm³/mol. The number of nitrogens with two attached hydrogens (primary N) is 1. The van der Waals surface area contributed by atoms with Crippen LogP contribution in [-0.4, -0.2) is 29.9 Å². The highest BCUT2D eigenvalue weighted by atomic mass is 16.2. The van der Waals surface area contributed by atoms with Gasteiger partial charge in [-0.05, 0) is 38.6 Å². The Bertz CT molecular complexity index is 216. The molecule has 0 spiro atoms. The first-order valence-corrected chi connectivity index (χ1v) is 6.71. The SMILES string of the molecule is CCCC(C)C(=O)N1CCCCC1CCN. The fraction of sp³-hybridized carbons (Fsp3) is 0.923. The fourth-order valence-corrected chi connectivity index (χ4v) is 2.62. The van der Waals surface area contributed by atoms with Crippen molar-refractivity contribution in [3.8, 4) is 0 Å². The van der Waals surface area contributed by atoms with Crippen LogP contribution in [0.1, 0.15) is 52.4 Å². The number of carbonyl (C=O) groups is 1. The molecule has 0 aromatic rings. The Hall–Kier alpha value is -0.570. The molecule has 3 nitrogen and oxygen atoms in total. The minimum atomic E-state index is 0.184. The lowest BCUT2D eigenvalue weighted by atomic mass is 9.96. The molecule has 1 heterocycles. The van der Waals surface area contributed by atoms with E-state index >= 15 is 0 Å². The molecule has 1 fully saturated rings. The number of hydrogen-bond donors (Lipinski definition) is 1. The lowest BCUT2D eigenvalue weighted by molar-refractivity contribution is -0.139. The second kappa shape index (κ2) is 6.89. The number of nitrogens with zero attached hydrogens (tertiary/aromatic N) is 1. The van der Waals surface area contributed by atoms with Crippen molar-refractivity contribution in [1.29, 1.82) is 0 Å². The van der Waals surface area contributed by atoms with Gasteiger partial charge in [-0.25, -0.2) is 0 Å². The molecule has 1 saturated heterocycles. The Morgan fingerprint density at radius 3 is 2.88 bits per heavy atom. The number of carbonyl (C=O) groups excluding carboxylic acids is 1. The van der Waals surface area contributed by atoms with Crippen LogP contribution in [0.4, 0.5) is 0 Å². The van der Waals surface area contributed by atoms with Gasteiger partial charge in [-0.1, -0.05) is 20.3 Å². The van der Waals surface area contributed by atoms with Crippen molar-refractivity contribution >= 4 is 5.91 Å². The van der Waals surface area contributed by atoms with Crippen molar-refractivity contribution in [3.63, 3.8) is 0 Å². The normalized spacial score (nSPS) is 23.2. The van der Waals surface area contributed by atoms with Gasteiger partial charge in [0, 0.05) is 18.5 Å². The van der Waals surface area contributed by atoms with Crippen LogP contribution in [0.3, 0.4) is 0 Å². The first-order chi connectivity index (χ1) is 7.70. The molecule has 0 aromatic heterocycles. The second-order valence-electron chi connectivity index (χ2n) is 4.95. The van der Waals surface area contributed by atoms with Crippen LogP contribution in [0.2, 0.25) is 0 Å². The topological polar surface area (TPSA) is 46.3 Å². The van der Waals surface area contributed by atoms with Crippen LogP contribution in [0.5, 0.6) is 0 Å². The molecule has 16 heavy (non-hydrogen) atoms. The van der Waals surface area contributed by atoms with Gasteiger partial charge in [0.2, 0.25) is 5.91 Å². The average Bonchev–Trinajstić information content (AvgIpc) is 2.29. The molecule has 1 aliphatic rings. The molecule has 0 saturated carbocycles. The van der Waals surface area contributed by atoms with Gasteiger partial charge < -0.3 is 10.6 Å². The van der Waals surface area contributed by atoms with Gasteiger partial charge in [-0.15, -0.1) is 0 Å². The summed E-state index contributed by atoms with van der Waals surface area (Å²) in [6.07, 6.45) is 6.60. The van der Waals surface area contributed by atoms with Crippen LogP contribution in [0, 0.1) is 5.92 Å². The lowest BCUT2D eigenvalue weighted by Crippen LogP contribution is -2.46.